The van der Waals surface area contributed by atoms with Crippen molar-refractivity contribution in [2.75, 3.05) is 12.4 Å². The largest absolute Gasteiger partial charge is 0.437 e. The maximum Gasteiger partial charge on any atom is 0.248 e. The third-order valence-corrected chi connectivity index (χ3v) is 3.55. The number of nitrogens with one attached hydrogen (secondary N) is 2. The number of para-hydroxylation sites is 2. The van der Waals surface area contributed by atoms with Crippen molar-refractivity contribution in [3.05, 3.63) is 66.1 Å². The lowest BCUT2D eigenvalue weighted by Crippen LogP contribution is -2.19. The lowest BCUT2D eigenvalue weighted by molar-refractivity contribution is -0.120. The van der Waals surface area contributed by atoms with E-state index in [4.69, 9.17) is 4.42 Å². The molecule has 0 aliphatic carbocycles. The van der Waals surface area contributed by atoms with Crippen LogP contribution in [-0.2, 0) is 16.0 Å². The van der Waals surface area contributed by atoms with E-state index in [1.165, 1.54) is 12.2 Å². The summed E-state index contributed by atoms with van der Waals surface area (Å²) in [7, 11) is 1.60. The second-order valence-corrected chi connectivity index (χ2v) is 5.39. The molecule has 126 valence electrons. The highest BCUT2D eigenvalue weighted by atomic mass is 16.3. The number of nitrogens with zero attached hydrogens (tertiary/aromatic N) is 1. The van der Waals surface area contributed by atoms with E-state index in [1.54, 1.807) is 31.3 Å². The highest BCUT2D eigenvalue weighted by molar-refractivity contribution is 6.01. The van der Waals surface area contributed by atoms with E-state index in [0.717, 1.165) is 11.1 Å². The van der Waals surface area contributed by atoms with Crippen molar-refractivity contribution >= 4 is 34.7 Å². The first-order valence-electron chi connectivity index (χ1n) is 7.78. The Morgan fingerprint density at radius 2 is 1.88 bits per heavy atom. The fourth-order valence-corrected chi connectivity index (χ4v) is 2.27. The Kier molecular flexibility index (Phi) is 4.89. The van der Waals surface area contributed by atoms with E-state index >= 15 is 0 Å². The molecule has 0 spiro atoms. The lowest BCUT2D eigenvalue weighted by Gasteiger charge is -2.04. The van der Waals surface area contributed by atoms with Crippen LogP contribution in [0.1, 0.15) is 11.5 Å². The maximum atomic E-state index is 12.0. The van der Waals surface area contributed by atoms with Crippen LogP contribution in [-0.4, -0.2) is 23.8 Å². The molecule has 0 bridgehead atoms. The highest BCUT2D eigenvalue weighted by Crippen LogP contribution is 2.15. The minimum absolute atomic E-state index is 0.0574. The maximum absolute atomic E-state index is 12.0. The molecule has 0 unspecified atom stereocenters. The number of hydrogen-bond donors (Lipinski definition) is 2. The summed E-state index contributed by atoms with van der Waals surface area (Å²) in [5, 5.41) is 5.31. The van der Waals surface area contributed by atoms with Crippen LogP contribution in [0.5, 0.6) is 0 Å². The number of carbonyl (C=O) groups is 2. The first kappa shape index (κ1) is 16.4. The third-order valence-electron chi connectivity index (χ3n) is 3.55. The molecule has 0 aliphatic rings. The Morgan fingerprint density at radius 3 is 2.60 bits per heavy atom. The van der Waals surface area contributed by atoms with E-state index in [0.29, 0.717) is 23.6 Å². The number of carbonyl (C=O) groups excluding carboxylic acids is 2. The van der Waals surface area contributed by atoms with Crippen LogP contribution >= 0.6 is 0 Å². The molecule has 1 aromatic heterocycles. The first-order valence-corrected chi connectivity index (χ1v) is 7.78. The van der Waals surface area contributed by atoms with Crippen molar-refractivity contribution in [3.63, 3.8) is 0 Å². The van der Waals surface area contributed by atoms with Gasteiger partial charge in [-0.15, -0.1) is 0 Å². The average molecular weight is 335 g/mol. The van der Waals surface area contributed by atoms with Gasteiger partial charge < -0.3 is 15.1 Å². The minimum atomic E-state index is -0.290. The highest BCUT2D eigenvalue weighted by Gasteiger charge is 2.04. The van der Waals surface area contributed by atoms with Crippen LogP contribution in [0.3, 0.4) is 0 Å². The number of anilines is 1. The van der Waals surface area contributed by atoms with Crippen LogP contribution in [0.4, 0.5) is 5.69 Å². The Hall–Kier alpha value is -3.41. The number of aromatic nitrogens is 1. The summed E-state index contributed by atoms with van der Waals surface area (Å²) in [6, 6.07) is 14.5. The Bertz CT molecular complexity index is 893. The molecule has 3 aromatic rings. The van der Waals surface area contributed by atoms with E-state index in [2.05, 4.69) is 15.6 Å². The second kappa shape index (κ2) is 7.44. The van der Waals surface area contributed by atoms with Crippen LogP contribution in [0.15, 0.2) is 59.0 Å². The van der Waals surface area contributed by atoms with Crippen molar-refractivity contribution in [2.24, 2.45) is 0 Å². The van der Waals surface area contributed by atoms with Gasteiger partial charge in [-0.25, -0.2) is 4.98 Å². The Morgan fingerprint density at radius 1 is 1.12 bits per heavy atom. The topological polar surface area (TPSA) is 84.2 Å². The van der Waals surface area contributed by atoms with E-state index in [1.807, 2.05) is 24.3 Å². The number of benzene rings is 2. The summed E-state index contributed by atoms with van der Waals surface area (Å²) in [4.78, 5) is 27.6. The molecular formula is C19H17N3O3. The van der Waals surface area contributed by atoms with E-state index in [-0.39, 0.29) is 11.8 Å². The van der Waals surface area contributed by atoms with Gasteiger partial charge in [0.2, 0.25) is 17.7 Å². The molecule has 0 atom stereocenters. The number of oxazole rings is 1. The Balaban J connectivity index is 1.60. The van der Waals surface area contributed by atoms with Crippen molar-refractivity contribution in [3.8, 4) is 0 Å². The zero-order valence-corrected chi connectivity index (χ0v) is 13.7. The number of fused-ring (bicyclic) bond motifs is 1. The molecule has 1 heterocycles. The average Bonchev–Trinajstić information content (AvgIpc) is 3.04. The van der Waals surface area contributed by atoms with Crippen molar-refractivity contribution in [1.82, 2.24) is 10.3 Å². The van der Waals surface area contributed by atoms with Gasteiger partial charge in [-0.3, -0.25) is 9.59 Å². The van der Waals surface area contributed by atoms with Gasteiger partial charge in [-0.1, -0.05) is 24.3 Å². The zero-order chi connectivity index (χ0) is 17.6. The number of hydrogen-bond acceptors (Lipinski definition) is 4. The van der Waals surface area contributed by atoms with Gasteiger partial charge >= 0.3 is 0 Å². The number of amides is 2. The van der Waals surface area contributed by atoms with E-state index < -0.39 is 0 Å². The van der Waals surface area contributed by atoms with Gasteiger partial charge in [0.25, 0.3) is 0 Å². The smallest absolute Gasteiger partial charge is 0.248 e. The van der Waals surface area contributed by atoms with Crippen molar-refractivity contribution < 1.29 is 14.0 Å². The van der Waals surface area contributed by atoms with Crippen LogP contribution in [0.2, 0.25) is 0 Å². The standard InChI is InChI=1S/C19H17N3O3/c1-20-18(24)12-13-6-8-14(9-7-13)21-17(23)10-11-19-22-15-4-2-3-5-16(15)25-19/h2-11H,12H2,1H3,(H,20,24)(H,21,23)/b11-10+. The molecule has 3 rings (SSSR count). The molecule has 25 heavy (non-hydrogen) atoms. The molecule has 0 aliphatic heterocycles. The molecule has 2 amide bonds. The molecule has 0 saturated carbocycles. The minimum Gasteiger partial charge on any atom is -0.437 e. The molecule has 0 fully saturated rings. The predicted octanol–water partition coefficient (Wildman–Crippen LogP) is 2.77. The third kappa shape index (κ3) is 4.32. The van der Waals surface area contributed by atoms with Gasteiger partial charge in [0.05, 0.1) is 6.42 Å². The fraction of sp³-hybridized carbons (Fsp3) is 0.105. The second-order valence-electron chi connectivity index (χ2n) is 5.39. The zero-order valence-electron chi connectivity index (χ0n) is 13.7. The summed E-state index contributed by atoms with van der Waals surface area (Å²) < 4.78 is 5.52. The predicted molar refractivity (Wildman–Crippen MR) is 95.9 cm³/mol. The SMILES string of the molecule is CNC(=O)Cc1ccc(NC(=O)/C=C/c2nc3ccccc3o2)cc1. The first-order chi connectivity index (χ1) is 12.1. The molecule has 6 heteroatoms. The van der Waals surface area contributed by atoms with Gasteiger partial charge in [-0.05, 0) is 29.8 Å². The van der Waals surface area contributed by atoms with Crippen LogP contribution in [0, 0.1) is 0 Å². The lowest BCUT2D eigenvalue weighted by atomic mass is 10.1. The monoisotopic (exact) mass is 335 g/mol. The van der Waals surface area contributed by atoms with Gasteiger partial charge in [-0.2, -0.15) is 0 Å². The number of likely N-dealkylation sites (N-methyl/N-ethyl adjacent to an activating group) is 1. The molecule has 6 nitrogen and oxygen atoms in total. The normalized spacial score (nSPS) is 10.9. The van der Waals surface area contributed by atoms with Gasteiger partial charge in [0, 0.05) is 24.9 Å². The van der Waals surface area contributed by atoms with Gasteiger partial charge in [0.1, 0.15) is 5.52 Å². The van der Waals surface area contributed by atoms with Crippen molar-refractivity contribution in [2.45, 2.75) is 6.42 Å². The summed E-state index contributed by atoms with van der Waals surface area (Å²) in [6.07, 6.45) is 3.20. The molecule has 0 radical (unpaired) electrons. The van der Waals surface area contributed by atoms with Crippen molar-refractivity contribution in [1.29, 1.82) is 0 Å². The summed E-state index contributed by atoms with van der Waals surface area (Å²) in [6.45, 7) is 0. The molecule has 2 N–H and O–H groups in total. The molecule has 2 aromatic carbocycles. The van der Waals surface area contributed by atoms with Crippen LogP contribution in [0.25, 0.3) is 17.2 Å². The van der Waals surface area contributed by atoms with E-state index in [9.17, 15) is 9.59 Å². The van der Waals surface area contributed by atoms with Gasteiger partial charge in [0.15, 0.2) is 5.58 Å². The molecule has 0 saturated heterocycles. The summed E-state index contributed by atoms with van der Waals surface area (Å²) >= 11 is 0. The summed E-state index contributed by atoms with van der Waals surface area (Å²) in [5.41, 5.74) is 2.94. The quantitative estimate of drug-likeness (QED) is 0.702. The molecular weight excluding hydrogens is 318 g/mol. The fourth-order valence-electron chi connectivity index (χ4n) is 2.27. The van der Waals surface area contributed by atoms with Crippen LogP contribution < -0.4 is 10.6 Å². The summed E-state index contributed by atoms with van der Waals surface area (Å²) in [5.74, 6) is 0.0247. The Labute approximate surface area is 144 Å². The number of rotatable bonds is 5.